The van der Waals surface area contributed by atoms with Gasteiger partial charge in [-0.15, -0.1) is 0 Å². The number of sulfonamides is 1. The number of nitrogens with zero attached hydrogens (tertiary/aromatic N) is 2. The number of anilines is 1. The van der Waals surface area contributed by atoms with Gasteiger partial charge in [0.2, 0.25) is 15.9 Å². The lowest BCUT2D eigenvalue weighted by molar-refractivity contribution is -0.122. The highest BCUT2D eigenvalue weighted by Crippen LogP contribution is 2.34. The van der Waals surface area contributed by atoms with E-state index in [9.17, 15) is 18.0 Å². The summed E-state index contributed by atoms with van der Waals surface area (Å²) in [4.78, 5) is 27.2. The van der Waals surface area contributed by atoms with E-state index in [0.29, 0.717) is 18.0 Å². The lowest BCUT2D eigenvalue weighted by Crippen LogP contribution is -2.54. The van der Waals surface area contributed by atoms with E-state index in [1.165, 1.54) is 12.1 Å². The summed E-state index contributed by atoms with van der Waals surface area (Å²) in [6, 6.07) is 11.7. The second kappa shape index (κ2) is 8.72. The molecule has 1 fully saturated rings. The van der Waals surface area contributed by atoms with Crippen LogP contribution < -0.4 is 9.64 Å². The van der Waals surface area contributed by atoms with Gasteiger partial charge in [0.1, 0.15) is 11.8 Å². The number of hydrogen-bond donors (Lipinski definition) is 0. The Kier molecular flexibility index (Phi) is 6.59. The highest BCUT2D eigenvalue weighted by molar-refractivity contribution is 9.10. The van der Waals surface area contributed by atoms with Crippen LogP contribution in [0.1, 0.15) is 34.1 Å². The molecule has 1 heterocycles. The molecule has 2 aromatic carbocycles. The van der Waals surface area contributed by atoms with Crippen LogP contribution in [0.4, 0.5) is 5.69 Å². The maximum atomic E-state index is 13.5. The average molecular weight is 509 g/mol. The predicted molar refractivity (Wildman–Crippen MR) is 121 cm³/mol. The minimum atomic E-state index is -4.04. The Morgan fingerprint density at radius 2 is 1.65 bits per heavy atom. The van der Waals surface area contributed by atoms with Crippen LogP contribution in [0.15, 0.2) is 57.9 Å². The SMILES string of the molecule is CCOc1ccc(N2C(=O)CC(N(C(C)(C)C)S(=O)(=O)c3ccc(Br)cc3)C2=O)cc1. The molecule has 1 aliphatic rings. The van der Waals surface area contributed by atoms with Gasteiger partial charge in [-0.05, 0) is 76.2 Å². The summed E-state index contributed by atoms with van der Waals surface area (Å²) < 4.78 is 34.3. The number of benzene rings is 2. The number of imide groups is 1. The number of carbonyl (C=O) groups excluding carboxylic acids is 2. The van der Waals surface area contributed by atoms with Gasteiger partial charge in [-0.2, -0.15) is 4.31 Å². The number of halogens is 1. The molecule has 2 aromatic rings. The molecule has 1 atom stereocenters. The lowest BCUT2D eigenvalue weighted by atomic mass is 10.1. The van der Waals surface area contributed by atoms with E-state index in [1.54, 1.807) is 57.2 Å². The standard InChI is InChI=1S/C22H25BrN2O5S/c1-5-30-17-10-8-16(9-11-17)24-20(26)14-19(21(24)27)25(22(2,3)4)31(28,29)18-12-6-15(23)7-13-18/h6-13,19H,5,14H2,1-4H3. The Labute approximate surface area is 191 Å². The molecule has 1 unspecified atom stereocenters. The molecule has 0 radical (unpaired) electrons. The summed E-state index contributed by atoms with van der Waals surface area (Å²) in [5, 5.41) is 0. The molecule has 0 bridgehead atoms. The molecule has 0 spiro atoms. The third-order valence-electron chi connectivity index (χ3n) is 4.84. The van der Waals surface area contributed by atoms with E-state index in [2.05, 4.69) is 15.9 Å². The quantitative estimate of drug-likeness (QED) is 0.551. The van der Waals surface area contributed by atoms with Gasteiger partial charge in [-0.25, -0.2) is 13.3 Å². The Morgan fingerprint density at radius 3 is 2.16 bits per heavy atom. The first-order valence-electron chi connectivity index (χ1n) is 9.86. The molecule has 3 rings (SSSR count). The largest absolute Gasteiger partial charge is 0.494 e. The number of rotatable bonds is 6. The van der Waals surface area contributed by atoms with Gasteiger partial charge in [-0.1, -0.05) is 15.9 Å². The van der Waals surface area contributed by atoms with Crippen LogP contribution in [-0.2, 0) is 19.6 Å². The van der Waals surface area contributed by atoms with E-state index in [-0.39, 0.29) is 11.3 Å². The minimum Gasteiger partial charge on any atom is -0.494 e. The van der Waals surface area contributed by atoms with Crippen molar-refractivity contribution in [1.29, 1.82) is 0 Å². The number of ether oxygens (including phenoxy) is 1. The zero-order valence-corrected chi connectivity index (χ0v) is 20.2. The summed E-state index contributed by atoms with van der Waals surface area (Å²) in [6.07, 6.45) is -0.223. The molecular weight excluding hydrogens is 484 g/mol. The maximum Gasteiger partial charge on any atom is 0.252 e. The molecule has 1 aliphatic heterocycles. The summed E-state index contributed by atoms with van der Waals surface area (Å²) >= 11 is 3.30. The van der Waals surface area contributed by atoms with Crippen LogP contribution in [0.5, 0.6) is 5.75 Å². The van der Waals surface area contributed by atoms with E-state index >= 15 is 0 Å². The Balaban J connectivity index is 1.99. The van der Waals surface area contributed by atoms with Crippen LogP contribution in [0.25, 0.3) is 0 Å². The van der Waals surface area contributed by atoms with Crippen molar-refractivity contribution in [3.63, 3.8) is 0 Å². The summed E-state index contributed by atoms with van der Waals surface area (Å²) in [6.45, 7) is 7.48. The molecule has 166 valence electrons. The van der Waals surface area contributed by atoms with Crippen molar-refractivity contribution < 1.29 is 22.7 Å². The molecule has 1 saturated heterocycles. The van der Waals surface area contributed by atoms with Crippen molar-refractivity contribution in [1.82, 2.24) is 4.31 Å². The summed E-state index contributed by atoms with van der Waals surface area (Å²) in [5.41, 5.74) is -0.544. The molecule has 31 heavy (non-hydrogen) atoms. The fourth-order valence-corrected chi connectivity index (χ4v) is 5.84. The van der Waals surface area contributed by atoms with Crippen LogP contribution >= 0.6 is 15.9 Å². The fourth-order valence-electron chi connectivity index (χ4n) is 3.64. The number of hydrogen-bond acceptors (Lipinski definition) is 5. The van der Waals surface area contributed by atoms with Crippen molar-refractivity contribution in [3.05, 3.63) is 53.0 Å². The zero-order valence-electron chi connectivity index (χ0n) is 17.8. The first-order chi connectivity index (χ1) is 14.5. The van der Waals surface area contributed by atoms with Crippen LogP contribution in [0, 0.1) is 0 Å². The van der Waals surface area contributed by atoms with E-state index in [1.807, 2.05) is 6.92 Å². The Bertz CT molecular complexity index is 1080. The van der Waals surface area contributed by atoms with Crippen molar-refractivity contribution in [3.8, 4) is 5.75 Å². The zero-order chi connectivity index (χ0) is 23.0. The van der Waals surface area contributed by atoms with Gasteiger partial charge in [0.15, 0.2) is 0 Å². The van der Waals surface area contributed by atoms with Crippen molar-refractivity contribution in [2.45, 2.75) is 50.6 Å². The third-order valence-corrected chi connectivity index (χ3v) is 7.56. The molecule has 2 amide bonds. The van der Waals surface area contributed by atoms with Crippen molar-refractivity contribution in [2.75, 3.05) is 11.5 Å². The van der Waals surface area contributed by atoms with Gasteiger partial charge >= 0.3 is 0 Å². The molecule has 0 aliphatic carbocycles. The van der Waals surface area contributed by atoms with Gasteiger partial charge in [-0.3, -0.25) is 9.59 Å². The molecule has 0 N–H and O–H groups in total. The highest BCUT2D eigenvalue weighted by Gasteiger charge is 2.50. The van der Waals surface area contributed by atoms with Gasteiger partial charge in [0, 0.05) is 10.0 Å². The smallest absolute Gasteiger partial charge is 0.252 e. The highest BCUT2D eigenvalue weighted by atomic mass is 79.9. The molecule has 0 saturated carbocycles. The van der Waals surface area contributed by atoms with Gasteiger partial charge in [0.25, 0.3) is 5.91 Å². The molecule has 9 heteroatoms. The second-order valence-electron chi connectivity index (χ2n) is 8.14. The normalized spacial score (nSPS) is 17.5. The third kappa shape index (κ3) is 4.68. The van der Waals surface area contributed by atoms with Crippen LogP contribution in [0.3, 0.4) is 0 Å². The second-order valence-corrected chi connectivity index (χ2v) is 10.9. The molecule has 0 aromatic heterocycles. The Morgan fingerprint density at radius 1 is 1.06 bits per heavy atom. The number of carbonyl (C=O) groups is 2. The van der Waals surface area contributed by atoms with Gasteiger partial charge < -0.3 is 4.74 Å². The van der Waals surface area contributed by atoms with E-state index < -0.39 is 33.4 Å². The minimum absolute atomic E-state index is 0.0605. The van der Waals surface area contributed by atoms with Crippen molar-refractivity contribution >= 4 is 43.5 Å². The summed E-state index contributed by atoms with van der Waals surface area (Å²) in [5.74, 6) is -0.389. The van der Waals surface area contributed by atoms with E-state index in [4.69, 9.17) is 4.74 Å². The molecule has 7 nitrogen and oxygen atoms in total. The molecular formula is C22H25BrN2O5S. The maximum absolute atomic E-state index is 13.5. The number of amides is 2. The average Bonchev–Trinajstić information content (AvgIpc) is 2.95. The topological polar surface area (TPSA) is 84.0 Å². The first-order valence-corrected chi connectivity index (χ1v) is 12.1. The Hall–Kier alpha value is -2.23. The monoisotopic (exact) mass is 508 g/mol. The van der Waals surface area contributed by atoms with Crippen LogP contribution in [-0.4, -0.2) is 42.7 Å². The van der Waals surface area contributed by atoms with Crippen LogP contribution in [0.2, 0.25) is 0 Å². The first kappa shape index (κ1) is 23.4. The predicted octanol–water partition coefficient (Wildman–Crippen LogP) is 3.97. The lowest BCUT2D eigenvalue weighted by Gasteiger charge is -2.37. The van der Waals surface area contributed by atoms with Crippen molar-refractivity contribution in [2.24, 2.45) is 0 Å². The summed E-state index contributed by atoms with van der Waals surface area (Å²) in [7, 11) is -4.04. The van der Waals surface area contributed by atoms with E-state index in [0.717, 1.165) is 13.7 Å². The fraction of sp³-hybridized carbons (Fsp3) is 0.364. The van der Waals surface area contributed by atoms with Gasteiger partial charge in [0.05, 0.1) is 23.6 Å².